The SMILES string of the molecule is CC1(O)CCN(C(=O)C23CC2C3)C1. The predicted octanol–water partition coefficient (Wildman–Crippen LogP) is 0.380. The highest BCUT2D eigenvalue weighted by Crippen LogP contribution is 2.76. The number of nitrogens with zero attached hydrogens (tertiary/aromatic N) is 1. The van der Waals surface area contributed by atoms with Crippen LogP contribution in [-0.4, -0.2) is 34.6 Å². The molecule has 1 aliphatic heterocycles. The largest absolute Gasteiger partial charge is 0.388 e. The summed E-state index contributed by atoms with van der Waals surface area (Å²) in [7, 11) is 0. The van der Waals surface area contributed by atoms with Crippen LogP contribution >= 0.6 is 0 Å². The second-order valence-corrected chi connectivity index (χ2v) is 5.23. The molecule has 3 heteroatoms. The molecule has 2 aliphatic carbocycles. The van der Waals surface area contributed by atoms with Crippen LogP contribution in [0.1, 0.15) is 26.2 Å². The molecular formula is C10H15NO2. The van der Waals surface area contributed by atoms with Gasteiger partial charge in [0.05, 0.1) is 11.0 Å². The molecule has 3 nitrogen and oxygen atoms in total. The van der Waals surface area contributed by atoms with Crippen molar-refractivity contribution in [3.63, 3.8) is 0 Å². The minimum absolute atomic E-state index is 0.0837. The lowest BCUT2D eigenvalue weighted by atomic mass is 10.1. The van der Waals surface area contributed by atoms with Crippen LogP contribution in [0.3, 0.4) is 0 Å². The van der Waals surface area contributed by atoms with Crippen LogP contribution in [0.2, 0.25) is 0 Å². The highest BCUT2D eigenvalue weighted by molar-refractivity contribution is 5.90. The molecule has 0 bridgehead atoms. The number of carbonyl (C=O) groups excluding carboxylic acids is 1. The Morgan fingerprint density at radius 1 is 1.54 bits per heavy atom. The summed E-state index contributed by atoms with van der Waals surface area (Å²) in [5.74, 6) is 1.03. The van der Waals surface area contributed by atoms with E-state index in [1.54, 1.807) is 0 Å². The van der Waals surface area contributed by atoms with Gasteiger partial charge < -0.3 is 10.0 Å². The third-order valence-electron chi connectivity index (χ3n) is 3.85. The molecule has 0 aromatic heterocycles. The Labute approximate surface area is 77.7 Å². The van der Waals surface area contributed by atoms with Gasteiger partial charge in [-0.25, -0.2) is 0 Å². The van der Waals surface area contributed by atoms with Gasteiger partial charge in [-0.05, 0) is 32.1 Å². The van der Waals surface area contributed by atoms with Crippen LogP contribution in [0.15, 0.2) is 0 Å². The molecule has 1 heterocycles. The van der Waals surface area contributed by atoms with E-state index in [1.807, 2.05) is 11.8 Å². The van der Waals surface area contributed by atoms with Crippen molar-refractivity contribution in [2.24, 2.45) is 11.3 Å². The Bertz CT molecular complexity index is 279. The van der Waals surface area contributed by atoms with E-state index < -0.39 is 5.60 Å². The number of fused-ring (bicyclic) bond motifs is 1. The maximum absolute atomic E-state index is 11.9. The second-order valence-electron chi connectivity index (χ2n) is 5.23. The summed E-state index contributed by atoms with van der Waals surface area (Å²) in [5, 5.41) is 9.72. The Balaban J connectivity index is 1.70. The molecule has 1 N–H and O–H groups in total. The van der Waals surface area contributed by atoms with E-state index in [1.165, 1.54) is 0 Å². The molecule has 1 atom stereocenters. The van der Waals surface area contributed by atoms with Crippen molar-refractivity contribution in [3.8, 4) is 0 Å². The van der Waals surface area contributed by atoms with E-state index >= 15 is 0 Å². The van der Waals surface area contributed by atoms with Gasteiger partial charge in [0.25, 0.3) is 0 Å². The first-order valence-electron chi connectivity index (χ1n) is 5.05. The van der Waals surface area contributed by atoms with Gasteiger partial charge in [0.15, 0.2) is 0 Å². The summed E-state index contributed by atoms with van der Waals surface area (Å²) in [6.07, 6.45) is 2.97. The second kappa shape index (κ2) is 1.92. The lowest BCUT2D eigenvalue weighted by Crippen LogP contribution is -2.36. The van der Waals surface area contributed by atoms with Crippen LogP contribution in [0, 0.1) is 11.3 Å². The van der Waals surface area contributed by atoms with Crippen molar-refractivity contribution in [2.75, 3.05) is 13.1 Å². The molecule has 2 saturated carbocycles. The average Bonchev–Trinajstić information content (AvgIpc) is 2.81. The number of rotatable bonds is 1. The molecule has 3 fully saturated rings. The van der Waals surface area contributed by atoms with Gasteiger partial charge in [0, 0.05) is 13.1 Å². The standard InChI is InChI=1S/C10H15NO2/c1-9(13)2-3-11(6-9)8(12)10-4-7(10)5-10/h7,13H,2-6H2,1H3. The number of hydrogen-bond acceptors (Lipinski definition) is 2. The van der Waals surface area contributed by atoms with Gasteiger partial charge in [-0.2, -0.15) is 0 Å². The zero-order chi connectivity index (χ0) is 9.27. The van der Waals surface area contributed by atoms with E-state index in [0.29, 0.717) is 18.4 Å². The third kappa shape index (κ3) is 0.966. The summed E-state index contributed by atoms with van der Waals surface area (Å²) in [5.41, 5.74) is -0.550. The van der Waals surface area contributed by atoms with Crippen LogP contribution in [-0.2, 0) is 4.79 Å². The minimum Gasteiger partial charge on any atom is -0.388 e. The van der Waals surface area contributed by atoms with Crippen LogP contribution < -0.4 is 0 Å². The summed E-state index contributed by atoms with van der Waals surface area (Å²) >= 11 is 0. The molecule has 3 aliphatic rings. The van der Waals surface area contributed by atoms with Crippen LogP contribution in [0.25, 0.3) is 0 Å². The van der Waals surface area contributed by atoms with Crippen molar-refractivity contribution in [1.82, 2.24) is 4.90 Å². The molecule has 0 aromatic rings. The molecule has 3 rings (SSSR count). The number of β-amino-alcohol motifs (C(OH)–C–C–N with tert-alkyl or cyclic N) is 1. The topological polar surface area (TPSA) is 40.5 Å². The molecule has 1 saturated heterocycles. The number of hydrogen-bond donors (Lipinski definition) is 1. The van der Waals surface area contributed by atoms with Crippen molar-refractivity contribution >= 4 is 5.91 Å². The molecular weight excluding hydrogens is 166 g/mol. The van der Waals surface area contributed by atoms with Crippen LogP contribution in [0.5, 0.6) is 0 Å². The van der Waals surface area contributed by atoms with Gasteiger partial charge in [-0.15, -0.1) is 0 Å². The highest BCUT2D eigenvalue weighted by Gasteiger charge is 2.75. The van der Waals surface area contributed by atoms with Gasteiger partial charge >= 0.3 is 0 Å². The predicted molar refractivity (Wildman–Crippen MR) is 47.0 cm³/mol. The first-order valence-corrected chi connectivity index (χ1v) is 5.05. The summed E-state index contributed by atoms with van der Waals surface area (Å²) in [6, 6.07) is 0. The zero-order valence-corrected chi connectivity index (χ0v) is 7.92. The van der Waals surface area contributed by atoms with Gasteiger partial charge in [-0.3, -0.25) is 4.79 Å². The van der Waals surface area contributed by atoms with Crippen molar-refractivity contribution in [1.29, 1.82) is 0 Å². The summed E-state index contributed by atoms with van der Waals surface area (Å²) < 4.78 is 0. The van der Waals surface area contributed by atoms with Crippen molar-refractivity contribution in [3.05, 3.63) is 0 Å². The zero-order valence-electron chi connectivity index (χ0n) is 7.92. The summed E-state index contributed by atoms with van der Waals surface area (Å²) in [6.45, 7) is 3.11. The lowest BCUT2D eigenvalue weighted by Gasteiger charge is -2.20. The molecule has 1 unspecified atom stereocenters. The quantitative estimate of drug-likeness (QED) is 0.635. The Kier molecular flexibility index (Phi) is 1.15. The fraction of sp³-hybridized carbons (Fsp3) is 0.900. The summed E-state index contributed by atoms with van der Waals surface area (Å²) in [4.78, 5) is 13.7. The molecule has 1 amide bonds. The number of aliphatic hydroxyl groups is 1. The third-order valence-corrected chi connectivity index (χ3v) is 3.85. The van der Waals surface area contributed by atoms with E-state index in [2.05, 4.69) is 0 Å². The van der Waals surface area contributed by atoms with E-state index in [4.69, 9.17) is 0 Å². The fourth-order valence-corrected chi connectivity index (χ4v) is 2.48. The molecule has 72 valence electrons. The first-order chi connectivity index (χ1) is 6.04. The molecule has 0 radical (unpaired) electrons. The molecule has 13 heavy (non-hydrogen) atoms. The monoisotopic (exact) mass is 181 g/mol. The van der Waals surface area contributed by atoms with E-state index in [9.17, 15) is 9.90 Å². The Morgan fingerprint density at radius 2 is 2.15 bits per heavy atom. The molecule has 0 aromatic carbocycles. The minimum atomic E-state index is -0.633. The highest BCUT2D eigenvalue weighted by atomic mass is 16.3. The number of amides is 1. The normalized spacial score (nSPS) is 51.8. The van der Waals surface area contributed by atoms with Gasteiger partial charge in [0.2, 0.25) is 5.91 Å². The first kappa shape index (κ1) is 7.80. The molecule has 0 spiro atoms. The van der Waals surface area contributed by atoms with E-state index in [0.717, 1.165) is 25.8 Å². The average molecular weight is 181 g/mol. The van der Waals surface area contributed by atoms with E-state index in [-0.39, 0.29) is 5.41 Å². The maximum Gasteiger partial charge on any atom is 0.229 e. The van der Waals surface area contributed by atoms with Gasteiger partial charge in [-0.1, -0.05) is 0 Å². The number of likely N-dealkylation sites (tertiary alicyclic amines) is 1. The fourth-order valence-electron chi connectivity index (χ4n) is 2.48. The Hall–Kier alpha value is -0.570. The Morgan fingerprint density at radius 3 is 2.54 bits per heavy atom. The maximum atomic E-state index is 11.9. The van der Waals surface area contributed by atoms with Crippen LogP contribution in [0.4, 0.5) is 0 Å². The smallest absolute Gasteiger partial charge is 0.229 e. The number of carbonyl (C=O) groups is 1. The van der Waals surface area contributed by atoms with Gasteiger partial charge in [0.1, 0.15) is 0 Å². The van der Waals surface area contributed by atoms with Crippen molar-refractivity contribution < 1.29 is 9.90 Å². The lowest BCUT2D eigenvalue weighted by molar-refractivity contribution is -0.134. The van der Waals surface area contributed by atoms with Crippen molar-refractivity contribution in [2.45, 2.75) is 31.8 Å².